The van der Waals surface area contributed by atoms with E-state index in [1.54, 1.807) is 0 Å². The van der Waals surface area contributed by atoms with E-state index >= 15 is 0 Å². The number of halogens is 1. The smallest absolute Gasteiger partial charge is 0.0786 e. The van der Waals surface area contributed by atoms with E-state index in [0.717, 1.165) is 30.6 Å². The van der Waals surface area contributed by atoms with E-state index in [2.05, 4.69) is 36.5 Å². The Morgan fingerprint density at radius 2 is 1.65 bits per heavy atom. The van der Waals surface area contributed by atoms with Crippen molar-refractivity contribution < 1.29 is 5.11 Å². The van der Waals surface area contributed by atoms with Gasteiger partial charge in [-0.3, -0.25) is 0 Å². The fourth-order valence-corrected chi connectivity index (χ4v) is 5.99. The molecule has 0 amide bonds. The van der Waals surface area contributed by atoms with Gasteiger partial charge in [-0.2, -0.15) is 0 Å². The number of rotatable bonds is 3. The van der Waals surface area contributed by atoms with E-state index in [4.69, 9.17) is 11.6 Å². The van der Waals surface area contributed by atoms with Crippen LogP contribution in [0.15, 0.2) is 48.6 Å². The molecule has 1 nitrogen and oxygen atoms in total. The van der Waals surface area contributed by atoms with Crippen LogP contribution in [0.2, 0.25) is 0 Å². The number of alkyl halides is 1. The Morgan fingerprint density at radius 1 is 0.870 bits per heavy atom. The number of fused-ring (bicyclic) bond motifs is 3. The summed E-state index contributed by atoms with van der Waals surface area (Å²) < 4.78 is 0. The number of aliphatic hydroxyl groups excluding tert-OH is 1. The van der Waals surface area contributed by atoms with Crippen LogP contribution in [-0.2, 0) is 0 Å². The van der Waals surface area contributed by atoms with E-state index in [1.165, 1.54) is 19.3 Å². The fraction of sp³-hybridized carbons (Fsp3) is 0.619. The summed E-state index contributed by atoms with van der Waals surface area (Å²) in [4.78, 5) is 0. The average Bonchev–Trinajstić information content (AvgIpc) is 2.95. The quantitative estimate of drug-likeness (QED) is 0.731. The second-order valence-electron chi connectivity index (χ2n) is 7.86. The second kappa shape index (κ2) is 6.61. The first kappa shape index (κ1) is 15.7. The van der Waals surface area contributed by atoms with Crippen LogP contribution in [0.1, 0.15) is 32.1 Å². The molecular weight excluding hydrogens is 304 g/mol. The van der Waals surface area contributed by atoms with Crippen molar-refractivity contribution in [2.75, 3.05) is 0 Å². The Kier molecular flexibility index (Phi) is 4.52. The SMILES string of the molecule is OC1C=CC=CC1CC[C@H]1CCC2C3C=CC=CC3C[C@@H]2C1Cl. The molecule has 0 aromatic carbocycles. The molecule has 23 heavy (non-hydrogen) atoms. The summed E-state index contributed by atoms with van der Waals surface area (Å²) in [6, 6.07) is 0. The van der Waals surface area contributed by atoms with Crippen molar-refractivity contribution in [1.82, 2.24) is 0 Å². The zero-order valence-electron chi connectivity index (χ0n) is 13.6. The van der Waals surface area contributed by atoms with E-state index < -0.39 is 0 Å². The Bertz CT molecular complexity index is 546. The average molecular weight is 331 g/mol. The van der Waals surface area contributed by atoms with Gasteiger partial charge < -0.3 is 5.11 Å². The third kappa shape index (κ3) is 2.98. The maximum Gasteiger partial charge on any atom is 0.0786 e. The Balaban J connectivity index is 1.37. The zero-order valence-corrected chi connectivity index (χ0v) is 14.4. The van der Waals surface area contributed by atoms with Gasteiger partial charge in [-0.25, -0.2) is 0 Å². The van der Waals surface area contributed by atoms with Crippen LogP contribution in [0.4, 0.5) is 0 Å². The molecule has 2 saturated carbocycles. The van der Waals surface area contributed by atoms with Gasteiger partial charge in [0.15, 0.2) is 0 Å². The highest BCUT2D eigenvalue weighted by atomic mass is 35.5. The molecule has 0 bridgehead atoms. The van der Waals surface area contributed by atoms with Crippen LogP contribution < -0.4 is 0 Å². The van der Waals surface area contributed by atoms with E-state index in [-0.39, 0.29) is 12.0 Å². The number of hydrogen-bond donors (Lipinski definition) is 1. The largest absolute Gasteiger partial charge is 0.388 e. The van der Waals surface area contributed by atoms with E-state index in [0.29, 0.717) is 17.2 Å². The Morgan fingerprint density at radius 3 is 2.52 bits per heavy atom. The minimum Gasteiger partial charge on any atom is -0.388 e. The summed E-state index contributed by atoms with van der Waals surface area (Å²) in [7, 11) is 0. The molecule has 0 aromatic rings. The molecule has 1 N–H and O–H groups in total. The van der Waals surface area contributed by atoms with Gasteiger partial charge in [0.1, 0.15) is 0 Å². The van der Waals surface area contributed by atoms with Crippen molar-refractivity contribution in [3.63, 3.8) is 0 Å². The molecule has 2 fully saturated rings. The van der Waals surface area contributed by atoms with Crippen LogP contribution in [0.5, 0.6) is 0 Å². The first-order valence-electron chi connectivity index (χ1n) is 9.26. The topological polar surface area (TPSA) is 20.2 Å². The maximum absolute atomic E-state index is 10.1. The molecule has 124 valence electrons. The lowest BCUT2D eigenvalue weighted by atomic mass is 9.70. The monoisotopic (exact) mass is 330 g/mol. The van der Waals surface area contributed by atoms with Crippen molar-refractivity contribution in [3.8, 4) is 0 Å². The molecule has 6 unspecified atom stereocenters. The van der Waals surface area contributed by atoms with Crippen molar-refractivity contribution in [3.05, 3.63) is 48.6 Å². The summed E-state index contributed by atoms with van der Waals surface area (Å²) in [5.74, 6) is 3.84. The standard InChI is InChI=1S/C21H27ClO/c22-21-15(10-9-14-5-2-4-8-20(14)23)11-12-18-17-7-3-1-6-16(17)13-19(18)21/h1-8,14-21,23H,9-13H2/t14?,15-,16?,17?,18?,19-,20?,21?/m0/s1. The normalized spacial score (nSPS) is 47.6. The highest BCUT2D eigenvalue weighted by Crippen LogP contribution is 2.54. The fourth-order valence-electron chi connectivity index (χ4n) is 5.45. The van der Waals surface area contributed by atoms with Crippen LogP contribution in [-0.4, -0.2) is 16.6 Å². The van der Waals surface area contributed by atoms with Crippen molar-refractivity contribution in [1.29, 1.82) is 0 Å². The van der Waals surface area contributed by atoms with E-state index in [1.807, 2.05) is 12.2 Å². The molecular formula is C21H27ClO. The molecule has 2 heteroatoms. The zero-order chi connectivity index (χ0) is 15.8. The molecule has 0 heterocycles. The lowest BCUT2D eigenvalue weighted by Gasteiger charge is -2.39. The molecule has 8 atom stereocenters. The van der Waals surface area contributed by atoms with Crippen LogP contribution >= 0.6 is 11.6 Å². The van der Waals surface area contributed by atoms with Crippen LogP contribution in [0.3, 0.4) is 0 Å². The minimum absolute atomic E-state index is 0.276. The first-order chi connectivity index (χ1) is 11.2. The van der Waals surface area contributed by atoms with Gasteiger partial charge in [0.2, 0.25) is 0 Å². The summed E-state index contributed by atoms with van der Waals surface area (Å²) in [5, 5.41) is 10.4. The van der Waals surface area contributed by atoms with E-state index in [9.17, 15) is 5.11 Å². The summed E-state index contributed by atoms with van der Waals surface area (Å²) in [6.07, 6.45) is 23.1. The summed E-state index contributed by atoms with van der Waals surface area (Å²) in [5.41, 5.74) is 0. The van der Waals surface area contributed by atoms with Crippen molar-refractivity contribution in [2.45, 2.75) is 43.6 Å². The third-order valence-corrected chi connectivity index (χ3v) is 7.38. The summed E-state index contributed by atoms with van der Waals surface area (Å²) >= 11 is 6.96. The number of hydrogen-bond acceptors (Lipinski definition) is 1. The van der Waals surface area contributed by atoms with Gasteiger partial charge >= 0.3 is 0 Å². The number of allylic oxidation sites excluding steroid dienone is 6. The van der Waals surface area contributed by atoms with Gasteiger partial charge in [-0.15, -0.1) is 11.6 Å². The molecule has 4 aliphatic rings. The van der Waals surface area contributed by atoms with Gasteiger partial charge in [0.25, 0.3) is 0 Å². The predicted octanol–water partition coefficient (Wildman–Crippen LogP) is 4.88. The first-order valence-corrected chi connectivity index (χ1v) is 9.70. The molecule has 4 rings (SSSR count). The molecule has 0 spiro atoms. The second-order valence-corrected chi connectivity index (χ2v) is 8.36. The van der Waals surface area contributed by atoms with Crippen molar-refractivity contribution >= 4 is 11.6 Å². The van der Waals surface area contributed by atoms with Gasteiger partial charge in [0.05, 0.1) is 6.10 Å². The highest BCUT2D eigenvalue weighted by molar-refractivity contribution is 6.21. The van der Waals surface area contributed by atoms with Crippen molar-refractivity contribution in [2.24, 2.45) is 35.5 Å². The molecule has 0 saturated heterocycles. The van der Waals surface area contributed by atoms with Crippen LogP contribution in [0.25, 0.3) is 0 Å². The Hall–Kier alpha value is -0.790. The van der Waals surface area contributed by atoms with Crippen LogP contribution in [0, 0.1) is 35.5 Å². The lowest BCUT2D eigenvalue weighted by molar-refractivity contribution is 0.148. The molecule has 4 aliphatic carbocycles. The maximum atomic E-state index is 10.1. The Labute approximate surface area is 144 Å². The third-order valence-electron chi connectivity index (χ3n) is 6.70. The summed E-state index contributed by atoms with van der Waals surface area (Å²) in [6.45, 7) is 0. The lowest BCUT2D eigenvalue weighted by Crippen LogP contribution is -2.35. The minimum atomic E-state index is -0.310. The molecule has 0 aliphatic heterocycles. The highest BCUT2D eigenvalue weighted by Gasteiger charge is 2.48. The van der Waals surface area contributed by atoms with Gasteiger partial charge in [0, 0.05) is 11.3 Å². The van der Waals surface area contributed by atoms with Gasteiger partial charge in [-0.05, 0) is 61.7 Å². The van der Waals surface area contributed by atoms with Gasteiger partial charge in [-0.1, -0.05) is 48.6 Å². The molecule has 0 aromatic heterocycles. The predicted molar refractivity (Wildman–Crippen MR) is 96.2 cm³/mol. The molecule has 0 radical (unpaired) electrons. The number of aliphatic hydroxyl groups is 1.